The van der Waals surface area contributed by atoms with Gasteiger partial charge in [-0.1, -0.05) is 32.0 Å². The largest absolute Gasteiger partial charge is 0.396 e. The average Bonchev–Trinajstić information content (AvgIpc) is 2.74. The van der Waals surface area contributed by atoms with Crippen molar-refractivity contribution >= 4 is 5.69 Å². The molecule has 1 heterocycles. The van der Waals surface area contributed by atoms with Crippen LogP contribution < -0.4 is 5.73 Å². The Morgan fingerprint density at radius 2 is 2.00 bits per heavy atom. The van der Waals surface area contributed by atoms with Crippen LogP contribution in [0.4, 0.5) is 5.69 Å². The van der Waals surface area contributed by atoms with Gasteiger partial charge in [0.05, 0.1) is 35.3 Å². The minimum Gasteiger partial charge on any atom is -0.396 e. The molecule has 1 aromatic carbocycles. The Morgan fingerprint density at radius 3 is 2.63 bits per heavy atom. The van der Waals surface area contributed by atoms with E-state index in [0.29, 0.717) is 12.1 Å². The Labute approximate surface area is 113 Å². The average molecular weight is 254 g/mol. The molecule has 4 heteroatoms. The SMILES string of the molecule is CCc1nn(Cc2ccccc2C#N)c(CC)c1N. The van der Waals surface area contributed by atoms with Crippen molar-refractivity contribution in [3.05, 3.63) is 46.8 Å². The fourth-order valence-electron chi connectivity index (χ4n) is 2.26. The third-order valence-electron chi connectivity index (χ3n) is 3.30. The monoisotopic (exact) mass is 254 g/mol. The molecular formula is C15H18N4. The van der Waals surface area contributed by atoms with E-state index in [2.05, 4.69) is 18.1 Å². The molecule has 0 saturated heterocycles. The number of hydrogen-bond acceptors (Lipinski definition) is 3. The van der Waals surface area contributed by atoms with Crippen molar-refractivity contribution in [3.8, 4) is 6.07 Å². The van der Waals surface area contributed by atoms with Gasteiger partial charge >= 0.3 is 0 Å². The number of nitrogens with two attached hydrogens (primary N) is 1. The molecule has 0 amide bonds. The van der Waals surface area contributed by atoms with Crippen molar-refractivity contribution in [1.29, 1.82) is 5.26 Å². The standard InChI is InChI=1S/C15H18N4/c1-3-13-15(17)14(4-2)19(18-13)10-12-8-6-5-7-11(12)9-16/h5-8H,3-4,10,17H2,1-2H3. The van der Waals surface area contributed by atoms with Crippen molar-refractivity contribution < 1.29 is 0 Å². The van der Waals surface area contributed by atoms with Crippen LogP contribution in [0.1, 0.15) is 36.4 Å². The molecule has 0 aliphatic heterocycles. The van der Waals surface area contributed by atoms with Gasteiger partial charge in [0.2, 0.25) is 0 Å². The minimum absolute atomic E-state index is 0.594. The minimum atomic E-state index is 0.594. The van der Waals surface area contributed by atoms with E-state index in [1.807, 2.05) is 35.9 Å². The number of anilines is 1. The first-order chi connectivity index (χ1) is 9.21. The molecular weight excluding hydrogens is 236 g/mol. The Morgan fingerprint density at radius 1 is 1.26 bits per heavy atom. The lowest BCUT2D eigenvalue weighted by Gasteiger charge is -2.07. The number of nitriles is 1. The lowest BCUT2D eigenvalue weighted by Crippen LogP contribution is -2.08. The van der Waals surface area contributed by atoms with Crippen LogP contribution in [0.5, 0.6) is 0 Å². The molecule has 0 saturated carbocycles. The summed E-state index contributed by atoms with van der Waals surface area (Å²) < 4.78 is 1.92. The van der Waals surface area contributed by atoms with Gasteiger partial charge in [0.25, 0.3) is 0 Å². The Hall–Kier alpha value is -2.28. The number of benzene rings is 1. The third-order valence-corrected chi connectivity index (χ3v) is 3.30. The number of rotatable bonds is 4. The zero-order valence-corrected chi connectivity index (χ0v) is 11.3. The van der Waals surface area contributed by atoms with Gasteiger partial charge in [-0.15, -0.1) is 0 Å². The van der Waals surface area contributed by atoms with Crippen molar-refractivity contribution in [3.63, 3.8) is 0 Å². The molecule has 2 aromatic rings. The van der Waals surface area contributed by atoms with E-state index in [9.17, 15) is 0 Å². The zero-order valence-electron chi connectivity index (χ0n) is 11.3. The Balaban J connectivity index is 2.41. The van der Waals surface area contributed by atoms with Crippen molar-refractivity contribution in [2.75, 3.05) is 5.73 Å². The molecule has 0 radical (unpaired) electrons. The second-order valence-electron chi connectivity index (χ2n) is 4.44. The predicted octanol–water partition coefficient (Wildman–Crippen LogP) is 2.51. The molecule has 4 nitrogen and oxygen atoms in total. The smallest absolute Gasteiger partial charge is 0.0995 e. The van der Waals surface area contributed by atoms with Crippen molar-refractivity contribution in [2.24, 2.45) is 0 Å². The summed E-state index contributed by atoms with van der Waals surface area (Å²) in [5.41, 5.74) is 10.5. The van der Waals surface area contributed by atoms with Crippen LogP contribution in [-0.2, 0) is 19.4 Å². The molecule has 0 spiro atoms. The maximum atomic E-state index is 9.12. The lowest BCUT2D eigenvalue weighted by atomic mass is 10.1. The molecule has 98 valence electrons. The highest BCUT2D eigenvalue weighted by atomic mass is 15.3. The first kappa shape index (κ1) is 13.2. The summed E-state index contributed by atoms with van der Waals surface area (Å²) in [6, 6.07) is 9.82. The summed E-state index contributed by atoms with van der Waals surface area (Å²) in [5, 5.41) is 13.7. The van der Waals surface area contributed by atoms with Crippen molar-refractivity contribution in [2.45, 2.75) is 33.2 Å². The normalized spacial score (nSPS) is 10.4. The highest BCUT2D eigenvalue weighted by Crippen LogP contribution is 2.20. The van der Waals surface area contributed by atoms with E-state index < -0.39 is 0 Å². The zero-order chi connectivity index (χ0) is 13.8. The lowest BCUT2D eigenvalue weighted by molar-refractivity contribution is 0.640. The van der Waals surface area contributed by atoms with Gasteiger partial charge in [-0.25, -0.2) is 0 Å². The van der Waals surface area contributed by atoms with Crippen LogP contribution >= 0.6 is 0 Å². The first-order valence-corrected chi connectivity index (χ1v) is 6.53. The highest BCUT2D eigenvalue weighted by molar-refractivity contribution is 5.49. The summed E-state index contributed by atoms with van der Waals surface area (Å²) in [5.74, 6) is 0. The van der Waals surface area contributed by atoms with E-state index >= 15 is 0 Å². The summed E-state index contributed by atoms with van der Waals surface area (Å²) >= 11 is 0. The Bertz CT molecular complexity index is 620. The maximum absolute atomic E-state index is 9.12. The fourth-order valence-corrected chi connectivity index (χ4v) is 2.26. The molecule has 0 aliphatic rings. The van der Waals surface area contributed by atoms with Gasteiger partial charge in [-0.05, 0) is 24.5 Å². The van der Waals surface area contributed by atoms with Crippen LogP contribution in [0.2, 0.25) is 0 Å². The van der Waals surface area contributed by atoms with Crippen molar-refractivity contribution in [1.82, 2.24) is 9.78 Å². The number of nitrogens with zero attached hydrogens (tertiary/aromatic N) is 3. The van der Waals surface area contributed by atoms with Crippen LogP contribution in [0, 0.1) is 11.3 Å². The molecule has 1 aromatic heterocycles. The number of hydrogen-bond donors (Lipinski definition) is 1. The van der Waals surface area contributed by atoms with Crippen LogP contribution in [0.15, 0.2) is 24.3 Å². The second-order valence-corrected chi connectivity index (χ2v) is 4.44. The number of aryl methyl sites for hydroxylation is 1. The molecule has 2 N–H and O–H groups in total. The first-order valence-electron chi connectivity index (χ1n) is 6.53. The Kier molecular flexibility index (Phi) is 3.86. The quantitative estimate of drug-likeness (QED) is 0.911. The van der Waals surface area contributed by atoms with Gasteiger partial charge in [0.1, 0.15) is 0 Å². The molecule has 2 rings (SSSR count). The molecule has 19 heavy (non-hydrogen) atoms. The summed E-state index contributed by atoms with van der Waals surface area (Å²) in [6.07, 6.45) is 1.67. The maximum Gasteiger partial charge on any atom is 0.0995 e. The topological polar surface area (TPSA) is 67.6 Å². The van der Waals surface area contributed by atoms with Gasteiger partial charge in [-0.3, -0.25) is 4.68 Å². The van der Waals surface area contributed by atoms with E-state index in [0.717, 1.165) is 35.5 Å². The third kappa shape index (κ3) is 2.45. The second kappa shape index (κ2) is 5.57. The number of nitrogen functional groups attached to an aromatic ring is 1. The van der Waals surface area contributed by atoms with Crippen LogP contribution in [0.25, 0.3) is 0 Å². The molecule has 0 atom stereocenters. The summed E-state index contributed by atoms with van der Waals surface area (Å²) in [6.45, 7) is 4.71. The van der Waals surface area contributed by atoms with Gasteiger partial charge in [0, 0.05) is 0 Å². The van der Waals surface area contributed by atoms with Gasteiger partial charge < -0.3 is 5.73 Å². The molecule has 0 bridgehead atoms. The summed E-state index contributed by atoms with van der Waals surface area (Å²) in [7, 11) is 0. The summed E-state index contributed by atoms with van der Waals surface area (Å²) in [4.78, 5) is 0. The van der Waals surface area contributed by atoms with Crippen LogP contribution in [-0.4, -0.2) is 9.78 Å². The predicted molar refractivity (Wildman–Crippen MR) is 75.7 cm³/mol. The van der Waals surface area contributed by atoms with Crippen LogP contribution in [0.3, 0.4) is 0 Å². The highest BCUT2D eigenvalue weighted by Gasteiger charge is 2.13. The molecule has 0 fully saturated rings. The fraction of sp³-hybridized carbons (Fsp3) is 0.333. The van der Waals surface area contributed by atoms with E-state index in [1.54, 1.807) is 0 Å². The van der Waals surface area contributed by atoms with E-state index in [4.69, 9.17) is 11.0 Å². The molecule has 0 unspecified atom stereocenters. The van der Waals surface area contributed by atoms with E-state index in [1.165, 1.54) is 0 Å². The van der Waals surface area contributed by atoms with Gasteiger partial charge in [-0.2, -0.15) is 10.4 Å². The number of aromatic nitrogens is 2. The molecule has 0 aliphatic carbocycles. The van der Waals surface area contributed by atoms with Gasteiger partial charge in [0.15, 0.2) is 0 Å². The van der Waals surface area contributed by atoms with E-state index in [-0.39, 0.29) is 0 Å².